The van der Waals surface area contributed by atoms with Gasteiger partial charge in [-0.15, -0.1) is 0 Å². The standard InChI is InChI=1S/C12H15N3S/c1-9-11(13)15-16-12(9)14-8-7-10-5-3-2-4-6-10/h2-6,14H,7-8H2,1H3,(H2,13,15). The summed E-state index contributed by atoms with van der Waals surface area (Å²) in [4.78, 5) is 0. The second-order valence-electron chi connectivity index (χ2n) is 3.68. The highest BCUT2D eigenvalue weighted by Gasteiger charge is 2.05. The Morgan fingerprint density at radius 3 is 2.69 bits per heavy atom. The highest BCUT2D eigenvalue weighted by molar-refractivity contribution is 7.10. The van der Waals surface area contributed by atoms with E-state index in [0.29, 0.717) is 5.82 Å². The Morgan fingerprint density at radius 2 is 2.06 bits per heavy atom. The molecule has 0 unspecified atom stereocenters. The van der Waals surface area contributed by atoms with Gasteiger partial charge in [-0.25, -0.2) is 0 Å². The molecule has 0 bridgehead atoms. The lowest BCUT2D eigenvalue weighted by molar-refractivity contribution is 1.02. The molecule has 4 heteroatoms. The average Bonchev–Trinajstić information content (AvgIpc) is 2.62. The van der Waals surface area contributed by atoms with Gasteiger partial charge in [0.15, 0.2) is 0 Å². The van der Waals surface area contributed by atoms with Crippen LogP contribution in [0.5, 0.6) is 0 Å². The lowest BCUT2D eigenvalue weighted by atomic mass is 10.1. The molecular formula is C12H15N3S. The number of rotatable bonds is 4. The van der Waals surface area contributed by atoms with Crippen molar-refractivity contribution >= 4 is 22.4 Å². The largest absolute Gasteiger partial charge is 0.383 e. The third-order valence-electron chi connectivity index (χ3n) is 2.50. The summed E-state index contributed by atoms with van der Waals surface area (Å²) in [7, 11) is 0. The van der Waals surface area contributed by atoms with Crippen molar-refractivity contribution in [2.75, 3.05) is 17.6 Å². The molecule has 16 heavy (non-hydrogen) atoms. The summed E-state index contributed by atoms with van der Waals surface area (Å²) < 4.78 is 4.10. The minimum absolute atomic E-state index is 0.632. The van der Waals surface area contributed by atoms with Gasteiger partial charge in [-0.1, -0.05) is 30.3 Å². The predicted octanol–water partition coefficient (Wildman–Crippen LogP) is 2.69. The van der Waals surface area contributed by atoms with Crippen LogP contribution in [0.2, 0.25) is 0 Å². The van der Waals surface area contributed by atoms with Crippen molar-refractivity contribution < 1.29 is 0 Å². The Morgan fingerprint density at radius 1 is 1.31 bits per heavy atom. The van der Waals surface area contributed by atoms with Crippen molar-refractivity contribution in [3.05, 3.63) is 41.5 Å². The first-order valence-electron chi connectivity index (χ1n) is 5.27. The van der Waals surface area contributed by atoms with Crippen molar-refractivity contribution in [2.45, 2.75) is 13.3 Å². The molecule has 0 radical (unpaired) electrons. The van der Waals surface area contributed by atoms with E-state index >= 15 is 0 Å². The zero-order chi connectivity index (χ0) is 11.4. The number of anilines is 2. The fourth-order valence-corrected chi connectivity index (χ4v) is 2.21. The molecule has 3 N–H and O–H groups in total. The molecule has 1 heterocycles. The number of nitrogens with zero attached hydrogens (tertiary/aromatic N) is 1. The maximum Gasteiger partial charge on any atom is 0.142 e. The molecule has 2 rings (SSSR count). The second kappa shape index (κ2) is 4.99. The first-order chi connectivity index (χ1) is 7.77. The van der Waals surface area contributed by atoms with E-state index in [2.05, 4.69) is 34.0 Å². The lowest BCUT2D eigenvalue weighted by Crippen LogP contribution is -2.04. The van der Waals surface area contributed by atoms with Crippen molar-refractivity contribution in [1.29, 1.82) is 0 Å². The van der Waals surface area contributed by atoms with Gasteiger partial charge in [0.05, 0.1) is 0 Å². The summed E-state index contributed by atoms with van der Waals surface area (Å²) in [6, 6.07) is 10.4. The fourth-order valence-electron chi connectivity index (χ4n) is 1.48. The van der Waals surface area contributed by atoms with Crippen LogP contribution >= 0.6 is 11.5 Å². The Hall–Kier alpha value is -1.55. The topological polar surface area (TPSA) is 50.9 Å². The molecule has 3 nitrogen and oxygen atoms in total. The van der Waals surface area contributed by atoms with Crippen molar-refractivity contribution in [2.24, 2.45) is 0 Å². The molecule has 2 aromatic rings. The monoisotopic (exact) mass is 233 g/mol. The maximum absolute atomic E-state index is 5.68. The summed E-state index contributed by atoms with van der Waals surface area (Å²) in [6.45, 7) is 2.90. The molecule has 0 aliphatic rings. The number of nitrogen functional groups attached to an aromatic ring is 1. The van der Waals surface area contributed by atoms with Gasteiger partial charge in [-0.2, -0.15) is 4.37 Å². The number of nitrogens with one attached hydrogen (secondary N) is 1. The van der Waals surface area contributed by atoms with Gasteiger partial charge in [-0.3, -0.25) is 0 Å². The van der Waals surface area contributed by atoms with Gasteiger partial charge in [0.25, 0.3) is 0 Å². The van der Waals surface area contributed by atoms with E-state index in [1.165, 1.54) is 17.1 Å². The van der Waals surface area contributed by atoms with Crippen LogP contribution in [0, 0.1) is 6.92 Å². The molecule has 0 spiro atoms. The zero-order valence-electron chi connectivity index (χ0n) is 9.23. The van der Waals surface area contributed by atoms with Crippen LogP contribution in [0.25, 0.3) is 0 Å². The lowest BCUT2D eigenvalue weighted by Gasteiger charge is -2.04. The Labute approximate surface area is 99.5 Å². The molecule has 1 aromatic heterocycles. The van der Waals surface area contributed by atoms with Crippen LogP contribution < -0.4 is 11.1 Å². The summed E-state index contributed by atoms with van der Waals surface area (Å²) in [5.74, 6) is 0.632. The van der Waals surface area contributed by atoms with Crippen LogP contribution in [0.15, 0.2) is 30.3 Å². The normalized spacial score (nSPS) is 10.3. The first-order valence-corrected chi connectivity index (χ1v) is 6.04. The summed E-state index contributed by atoms with van der Waals surface area (Å²) in [5, 5.41) is 4.44. The molecule has 84 valence electrons. The minimum atomic E-state index is 0.632. The molecule has 0 atom stereocenters. The Kier molecular flexibility index (Phi) is 3.41. The number of hydrogen-bond donors (Lipinski definition) is 2. The molecule has 0 aliphatic heterocycles. The van der Waals surface area contributed by atoms with Gasteiger partial charge >= 0.3 is 0 Å². The summed E-state index contributed by atoms with van der Waals surface area (Å²) in [5.41, 5.74) is 8.07. The molecular weight excluding hydrogens is 218 g/mol. The summed E-state index contributed by atoms with van der Waals surface area (Å²) in [6.07, 6.45) is 1.01. The molecule has 0 fully saturated rings. The van der Waals surface area contributed by atoms with E-state index in [4.69, 9.17) is 5.73 Å². The summed E-state index contributed by atoms with van der Waals surface area (Å²) >= 11 is 1.43. The number of aromatic nitrogens is 1. The van der Waals surface area contributed by atoms with Gasteiger partial charge in [-0.05, 0) is 30.4 Å². The average molecular weight is 233 g/mol. The Balaban J connectivity index is 1.87. The molecule has 0 amide bonds. The van der Waals surface area contributed by atoms with E-state index in [1.54, 1.807) is 0 Å². The smallest absolute Gasteiger partial charge is 0.142 e. The van der Waals surface area contributed by atoms with Crippen LogP contribution in [0.4, 0.5) is 10.8 Å². The minimum Gasteiger partial charge on any atom is -0.383 e. The van der Waals surface area contributed by atoms with Gasteiger partial charge in [0.1, 0.15) is 10.8 Å². The SMILES string of the molecule is Cc1c(N)nsc1NCCc1ccccc1. The highest BCUT2D eigenvalue weighted by atomic mass is 32.1. The molecule has 0 saturated carbocycles. The van der Waals surface area contributed by atoms with Crippen LogP contribution in [0.1, 0.15) is 11.1 Å². The molecule has 0 saturated heterocycles. The van der Waals surface area contributed by atoms with Crippen molar-refractivity contribution in [1.82, 2.24) is 4.37 Å². The van der Waals surface area contributed by atoms with Gasteiger partial charge in [0, 0.05) is 12.1 Å². The number of benzene rings is 1. The van der Waals surface area contributed by atoms with Crippen molar-refractivity contribution in [3.63, 3.8) is 0 Å². The Bertz CT molecular complexity index is 451. The van der Waals surface area contributed by atoms with Crippen LogP contribution in [-0.4, -0.2) is 10.9 Å². The van der Waals surface area contributed by atoms with E-state index < -0.39 is 0 Å². The third-order valence-corrected chi connectivity index (χ3v) is 3.42. The van der Waals surface area contributed by atoms with Gasteiger partial charge < -0.3 is 11.1 Å². The van der Waals surface area contributed by atoms with Gasteiger partial charge in [0.2, 0.25) is 0 Å². The molecule has 0 aliphatic carbocycles. The number of hydrogen-bond acceptors (Lipinski definition) is 4. The van der Waals surface area contributed by atoms with Crippen LogP contribution in [-0.2, 0) is 6.42 Å². The van der Waals surface area contributed by atoms with E-state index in [0.717, 1.165) is 23.5 Å². The first kappa shape index (κ1) is 11.0. The van der Waals surface area contributed by atoms with Crippen molar-refractivity contribution in [3.8, 4) is 0 Å². The van der Waals surface area contributed by atoms with E-state index in [9.17, 15) is 0 Å². The van der Waals surface area contributed by atoms with E-state index in [-0.39, 0.29) is 0 Å². The number of nitrogens with two attached hydrogens (primary N) is 1. The third kappa shape index (κ3) is 2.52. The molecule has 1 aromatic carbocycles. The highest BCUT2D eigenvalue weighted by Crippen LogP contribution is 2.24. The fraction of sp³-hybridized carbons (Fsp3) is 0.250. The predicted molar refractivity (Wildman–Crippen MR) is 69.9 cm³/mol. The quantitative estimate of drug-likeness (QED) is 0.853. The zero-order valence-corrected chi connectivity index (χ0v) is 10.1. The second-order valence-corrected chi connectivity index (χ2v) is 4.46. The van der Waals surface area contributed by atoms with Crippen LogP contribution in [0.3, 0.4) is 0 Å². The van der Waals surface area contributed by atoms with E-state index in [1.807, 2.05) is 13.0 Å². The maximum atomic E-state index is 5.68.